The number of nitrogens with one attached hydrogen (secondary N) is 1. The Morgan fingerprint density at radius 3 is 3.00 bits per heavy atom. The number of likely N-dealkylation sites (tertiary alicyclic amines) is 1. The molecule has 4 heteroatoms. The predicted octanol–water partition coefficient (Wildman–Crippen LogP) is 3.93. The molecule has 25 heavy (non-hydrogen) atoms. The summed E-state index contributed by atoms with van der Waals surface area (Å²) in [5.74, 6) is 1.09. The van der Waals surface area contributed by atoms with Gasteiger partial charge in [0.1, 0.15) is 0 Å². The molecule has 0 bridgehead atoms. The van der Waals surface area contributed by atoms with Crippen LogP contribution in [0.25, 0.3) is 0 Å². The van der Waals surface area contributed by atoms with Crippen LogP contribution < -0.4 is 0 Å². The van der Waals surface area contributed by atoms with Gasteiger partial charge in [-0.3, -0.25) is 9.89 Å². The molecule has 132 valence electrons. The molecular formula is C21H27N3O. The number of carbonyl (C=O) groups is 1. The van der Waals surface area contributed by atoms with Crippen LogP contribution >= 0.6 is 0 Å². The second-order valence-corrected chi connectivity index (χ2v) is 7.65. The number of carbonyl (C=O) groups excluding carboxylic acids is 1. The van der Waals surface area contributed by atoms with E-state index in [2.05, 4.69) is 45.4 Å². The highest BCUT2D eigenvalue weighted by molar-refractivity contribution is 5.77. The Bertz CT molecular complexity index is 751. The smallest absolute Gasteiger partial charge is 0.223 e. The SMILES string of the molecule is Cc1cc([C@@H]2CCCN(C(=O)C[C@@H]3CCCc4ccccc43)C2)n[nH]1. The lowest BCUT2D eigenvalue weighted by molar-refractivity contribution is -0.132. The van der Waals surface area contributed by atoms with Crippen molar-refractivity contribution in [3.63, 3.8) is 0 Å². The van der Waals surface area contributed by atoms with Crippen LogP contribution in [0, 0.1) is 6.92 Å². The first-order valence-electron chi connectivity index (χ1n) is 9.58. The molecule has 0 saturated carbocycles. The van der Waals surface area contributed by atoms with Gasteiger partial charge in [-0.15, -0.1) is 0 Å². The maximum absolute atomic E-state index is 13.0. The summed E-state index contributed by atoms with van der Waals surface area (Å²) in [5, 5.41) is 7.45. The van der Waals surface area contributed by atoms with Gasteiger partial charge in [-0.1, -0.05) is 24.3 Å². The summed E-state index contributed by atoms with van der Waals surface area (Å²) in [6.45, 7) is 3.74. The van der Waals surface area contributed by atoms with Crippen molar-refractivity contribution < 1.29 is 4.79 Å². The number of hydrogen-bond donors (Lipinski definition) is 1. The Balaban J connectivity index is 1.43. The number of nitrogens with zero attached hydrogens (tertiary/aromatic N) is 2. The molecular weight excluding hydrogens is 310 g/mol. The molecule has 1 amide bonds. The molecule has 1 aromatic carbocycles. The van der Waals surface area contributed by atoms with E-state index in [1.807, 2.05) is 6.92 Å². The standard InChI is InChI=1S/C21H27N3O/c1-15-12-20(23-22-15)18-9-5-11-24(14-18)21(25)13-17-8-4-7-16-6-2-3-10-19(16)17/h2-3,6,10,12,17-18H,4-5,7-9,11,13-14H2,1H3,(H,22,23)/t17-,18+/m0/s1. The second-order valence-electron chi connectivity index (χ2n) is 7.65. The molecule has 1 aliphatic carbocycles. The van der Waals surface area contributed by atoms with E-state index in [4.69, 9.17) is 0 Å². The van der Waals surface area contributed by atoms with Crippen molar-refractivity contribution in [3.05, 3.63) is 52.8 Å². The number of aryl methyl sites for hydroxylation is 2. The van der Waals surface area contributed by atoms with Gasteiger partial charge in [0.2, 0.25) is 5.91 Å². The number of aromatic amines is 1. The number of hydrogen-bond acceptors (Lipinski definition) is 2. The van der Waals surface area contributed by atoms with E-state index in [0.717, 1.165) is 50.2 Å². The summed E-state index contributed by atoms with van der Waals surface area (Å²) in [4.78, 5) is 15.0. The highest BCUT2D eigenvalue weighted by Crippen LogP contribution is 2.35. The lowest BCUT2D eigenvalue weighted by Gasteiger charge is -2.34. The summed E-state index contributed by atoms with van der Waals surface area (Å²) >= 11 is 0. The zero-order chi connectivity index (χ0) is 17.2. The van der Waals surface area contributed by atoms with E-state index in [9.17, 15) is 4.79 Å². The van der Waals surface area contributed by atoms with E-state index < -0.39 is 0 Å². The molecule has 1 N–H and O–H groups in total. The van der Waals surface area contributed by atoms with E-state index in [1.54, 1.807) is 0 Å². The number of amides is 1. The highest BCUT2D eigenvalue weighted by atomic mass is 16.2. The highest BCUT2D eigenvalue weighted by Gasteiger charge is 2.29. The molecule has 4 rings (SSSR count). The Kier molecular flexibility index (Phi) is 4.60. The normalized spacial score (nSPS) is 23.3. The molecule has 1 saturated heterocycles. The summed E-state index contributed by atoms with van der Waals surface area (Å²) in [5.41, 5.74) is 5.05. The first-order valence-corrected chi connectivity index (χ1v) is 9.58. The Labute approximate surface area is 149 Å². The van der Waals surface area contributed by atoms with Gasteiger partial charge >= 0.3 is 0 Å². The van der Waals surface area contributed by atoms with Gasteiger partial charge in [0.15, 0.2) is 0 Å². The molecule has 1 fully saturated rings. The monoisotopic (exact) mass is 337 g/mol. The summed E-state index contributed by atoms with van der Waals surface area (Å²) in [6.07, 6.45) is 6.35. The predicted molar refractivity (Wildman–Crippen MR) is 98.6 cm³/mol. The van der Waals surface area contributed by atoms with Gasteiger partial charge in [0, 0.05) is 31.1 Å². The number of piperidine rings is 1. The fourth-order valence-corrected chi connectivity index (χ4v) is 4.50. The number of H-pyrrole nitrogens is 1. The molecule has 0 unspecified atom stereocenters. The van der Waals surface area contributed by atoms with Crippen LogP contribution in [0.1, 0.15) is 66.5 Å². The lowest BCUT2D eigenvalue weighted by Crippen LogP contribution is -2.40. The quantitative estimate of drug-likeness (QED) is 0.922. The van der Waals surface area contributed by atoms with Crippen molar-refractivity contribution in [1.29, 1.82) is 0 Å². The third-order valence-electron chi connectivity index (χ3n) is 5.83. The number of aromatic nitrogens is 2. The molecule has 0 radical (unpaired) electrons. The van der Waals surface area contributed by atoms with Crippen LogP contribution in [0.15, 0.2) is 30.3 Å². The van der Waals surface area contributed by atoms with E-state index in [-0.39, 0.29) is 0 Å². The third kappa shape index (κ3) is 3.48. The van der Waals surface area contributed by atoms with Gasteiger partial charge in [-0.25, -0.2) is 0 Å². The van der Waals surface area contributed by atoms with Crippen LogP contribution in [0.3, 0.4) is 0 Å². The zero-order valence-electron chi connectivity index (χ0n) is 15.0. The Morgan fingerprint density at radius 1 is 1.28 bits per heavy atom. The Morgan fingerprint density at radius 2 is 2.16 bits per heavy atom. The van der Waals surface area contributed by atoms with Gasteiger partial charge in [-0.2, -0.15) is 5.10 Å². The Hall–Kier alpha value is -2.10. The van der Waals surface area contributed by atoms with Gasteiger partial charge in [0.25, 0.3) is 0 Å². The topological polar surface area (TPSA) is 49.0 Å². The van der Waals surface area contributed by atoms with Gasteiger partial charge < -0.3 is 4.90 Å². The summed E-state index contributed by atoms with van der Waals surface area (Å²) in [6, 6.07) is 10.8. The number of benzene rings is 1. The van der Waals surface area contributed by atoms with E-state index >= 15 is 0 Å². The molecule has 2 aliphatic rings. The third-order valence-corrected chi connectivity index (χ3v) is 5.83. The number of fused-ring (bicyclic) bond motifs is 1. The molecule has 1 aromatic heterocycles. The van der Waals surface area contributed by atoms with Crippen molar-refractivity contribution in [1.82, 2.24) is 15.1 Å². The van der Waals surface area contributed by atoms with E-state index in [0.29, 0.717) is 24.2 Å². The first kappa shape index (κ1) is 16.4. The van der Waals surface area contributed by atoms with Crippen LogP contribution in [-0.4, -0.2) is 34.1 Å². The fourth-order valence-electron chi connectivity index (χ4n) is 4.50. The minimum atomic E-state index is 0.318. The van der Waals surface area contributed by atoms with Gasteiger partial charge in [0.05, 0.1) is 5.69 Å². The largest absolute Gasteiger partial charge is 0.342 e. The second kappa shape index (κ2) is 7.03. The minimum absolute atomic E-state index is 0.318. The molecule has 0 spiro atoms. The average Bonchev–Trinajstić information content (AvgIpc) is 3.09. The maximum Gasteiger partial charge on any atom is 0.223 e. The molecule has 2 atom stereocenters. The van der Waals surface area contributed by atoms with Crippen molar-refractivity contribution in [2.75, 3.05) is 13.1 Å². The minimum Gasteiger partial charge on any atom is -0.342 e. The van der Waals surface area contributed by atoms with E-state index in [1.165, 1.54) is 17.5 Å². The zero-order valence-corrected chi connectivity index (χ0v) is 15.0. The first-order chi connectivity index (χ1) is 12.2. The van der Waals surface area contributed by atoms with Crippen molar-refractivity contribution in [2.45, 2.75) is 57.3 Å². The lowest BCUT2D eigenvalue weighted by atomic mass is 9.80. The van der Waals surface area contributed by atoms with Crippen molar-refractivity contribution in [3.8, 4) is 0 Å². The fraction of sp³-hybridized carbons (Fsp3) is 0.524. The van der Waals surface area contributed by atoms with Crippen molar-refractivity contribution >= 4 is 5.91 Å². The average molecular weight is 337 g/mol. The van der Waals surface area contributed by atoms with Crippen LogP contribution in [0.4, 0.5) is 0 Å². The summed E-state index contributed by atoms with van der Waals surface area (Å²) < 4.78 is 0. The van der Waals surface area contributed by atoms with Crippen LogP contribution in [0.2, 0.25) is 0 Å². The number of rotatable bonds is 3. The van der Waals surface area contributed by atoms with Crippen molar-refractivity contribution in [2.24, 2.45) is 0 Å². The van der Waals surface area contributed by atoms with Crippen LogP contribution in [-0.2, 0) is 11.2 Å². The molecule has 1 aliphatic heterocycles. The molecule has 4 nitrogen and oxygen atoms in total. The maximum atomic E-state index is 13.0. The molecule has 2 aromatic rings. The van der Waals surface area contributed by atoms with Crippen LogP contribution in [0.5, 0.6) is 0 Å². The summed E-state index contributed by atoms with van der Waals surface area (Å²) in [7, 11) is 0. The van der Waals surface area contributed by atoms with Gasteiger partial charge in [-0.05, 0) is 62.1 Å². The molecule has 2 heterocycles.